The van der Waals surface area contributed by atoms with Crippen LogP contribution in [0.1, 0.15) is 46.5 Å². The average molecular weight is 278 g/mol. The number of rotatable bonds is 6. The van der Waals surface area contributed by atoms with E-state index in [9.17, 15) is 8.42 Å². The second-order valence-electron chi connectivity index (χ2n) is 5.44. The Morgan fingerprint density at radius 2 is 2.06 bits per heavy atom. The minimum Gasteiger partial charge on any atom is -0.396 e. The molecule has 0 saturated carbocycles. The summed E-state index contributed by atoms with van der Waals surface area (Å²) in [5, 5.41) is 9.00. The van der Waals surface area contributed by atoms with E-state index < -0.39 is 10.2 Å². The van der Waals surface area contributed by atoms with Gasteiger partial charge in [-0.05, 0) is 32.1 Å². The van der Waals surface area contributed by atoms with Crippen LogP contribution >= 0.6 is 0 Å². The molecule has 0 aromatic rings. The van der Waals surface area contributed by atoms with Crippen molar-refractivity contribution < 1.29 is 13.5 Å². The summed E-state index contributed by atoms with van der Waals surface area (Å²) in [7, 11) is -3.43. The van der Waals surface area contributed by atoms with Crippen molar-refractivity contribution in [1.82, 2.24) is 9.03 Å². The second-order valence-corrected chi connectivity index (χ2v) is 7.10. The molecule has 6 heteroatoms. The zero-order chi connectivity index (χ0) is 13.8. The molecule has 0 bridgehead atoms. The highest BCUT2D eigenvalue weighted by Gasteiger charge is 2.31. The minimum atomic E-state index is -3.43. The molecule has 0 aromatic heterocycles. The maximum atomic E-state index is 12.3. The summed E-state index contributed by atoms with van der Waals surface area (Å²) in [5.41, 5.74) is 0. The van der Waals surface area contributed by atoms with Gasteiger partial charge in [0.15, 0.2) is 0 Å². The summed E-state index contributed by atoms with van der Waals surface area (Å²) in [6, 6.07) is -0.132. The summed E-state index contributed by atoms with van der Waals surface area (Å²) in [5.74, 6) is 0.173. The molecule has 1 fully saturated rings. The molecular formula is C12H26N2O3S. The van der Waals surface area contributed by atoms with Crippen molar-refractivity contribution in [3.05, 3.63) is 0 Å². The van der Waals surface area contributed by atoms with Crippen LogP contribution in [0.4, 0.5) is 0 Å². The Bertz CT molecular complexity index is 343. The Morgan fingerprint density at radius 3 is 2.56 bits per heavy atom. The van der Waals surface area contributed by atoms with Gasteiger partial charge in [0.25, 0.3) is 10.2 Å². The number of aliphatic hydroxyl groups is 1. The first kappa shape index (κ1) is 15.9. The van der Waals surface area contributed by atoms with Gasteiger partial charge in [0.2, 0.25) is 0 Å². The van der Waals surface area contributed by atoms with E-state index in [1.165, 1.54) is 0 Å². The van der Waals surface area contributed by atoms with Crippen LogP contribution in [-0.4, -0.2) is 43.1 Å². The van der Waals surface area contributed by atoms with E-state index in [0.717, 1.165) is 19.3 Å². The summed E-state index contributed by atoms with van der Waals surface area (Å²) in [6.07, 6.45) is 3.40. The third-order valence-corrected chi connectivity index (χ3v) is 5.36. The topological polar surface area (TPSA) is 69.6 Å². The lowest BCUT2D eigenvalue weighted by Crippen LogP contribution is -2.51. The molecule has 18 heavy (non-hydrogen) atoms. The number of nitrogens with one attached hydrogen (secondary N) is 1. The Balaban J connectivity index is 2.72. The van der Waals surface area contributed by atoms with Crippen LogP contribution in [0.15, 0.2) is 0 Å². The van der Waals surface area contributed by atoms with Crippen molar-refractivity contribution in [3.63, 3.8) is 0 Å². The average Bonchev–Trinajstić information content (AvgIpc) is 2.28. The number of hydrogen-bond donors (Lipinski definition) is 2. The quantitative estimate of drug-likeness (QED) is 0.764. The molecule has 1 aliphatic rings. The molecule has 0 amide bonds. The molecular weight excluding hydrogens is 252 g/mol. The first-order valence-electron chi connectivity index (χ1n) is 6.78. The van der Waals surface area contributed by atoms with Crippen LogP contribution in [0.3, 0.4) is 0 Å². The van der Waals surface area contributed by atoms with Gasteiger partial charge >= 0.3 is 0 Å². The molecule has 1 saturated heterocycles. The standard InChI is InChI=1S/C12H26N2O3S/c1-10(2)12(7-9-15)13-18(16,17)14-8-5-4-6-11(14)3/h10-13,15H,4-9H2,1-3H3. The van der Waals surface area contributed by atoms with E-state index in [1.807, 2.05) is 20.8 Å². The molecule has 108 valence electrons. The molecule has 0 spiro atoms. The van der Waals surface area contributed by atoms with Gasteiger partial charge in [0.05, 0.1) is 0 Å². The van der Waals surface area contributed by atoms with E-state index in [-0.39, 0.29) is 24.6 Å². The van der Waals surface area contributed by atoms with Crippen molar-refractivity contribution in [2.45, 2.75) is 58.5 Å². The SMILES string of the molecule is CC(C)C(CCO)NS(=O)(=O)N1CCCCC1C. The van der Waals surface area contributed by atoms with E-state index in [0.29, 0.717) is 13.0 Å². The van der Waals surface area contributed by atoms with Crippen molar-refractivity contribution in [1.29, 1.82) is 0 Å². The predicted molar refractivity (Wildman–Crippen MR) is 72.4 cm³/mol. The van der Waals surface area contributed by atoms with E-state index in [2.05, 4.69) is 4.72 Å². The number of hydrogen-bond acceptors (Lipinski definition) is 3. The zero-order valence-corrected chi connectivity index (χ0v) is 12.4. The molecule has 1 heterocycles. The lowest BCUT2D eigenvalue weighted by molar-refractivity contribution is 0.242. The van der Waals surface area contributed by atoms with Crippen molar-refractivity contribution in [2.75, 3.05) is 13.2 Å². The van der Waals surface area contributed by atoms with Gasteiger partial charge < -0.3 is 5.11 Å². The summed E-state index contributed by atoms with van der Waals surface area (Å²) < 4.78 is 28.9. The maximum Gasteiger partial charge on any atom is 0.279 e. The summed E-state index contributed by atoms with van der Waals surface area (Å²) >= 11 is 0. The van der Waals surface area contributed by atoms with Gasteiger partial charge in [-0.3, -0.25) is 0 Å². The smallest absolute Gasteiger partial charge is 0.279 e. The van der Waals surface area contributed by atoms with E-state index >= 15 is 0 Å². The molecule has 5 nitrogen and oxygen atoms in total. The van der Waals surface area contributed by atoms with Crippen molar-refractivity contribution >= 4 is 10.2 Å². The number of piperidine rings is 1. The Kier molecular flexibility index (Phi) is 6.04. The molecule has 2 atom stereocenters. The highest BCUT2D eigenvalue weighted by Crippen LogP contribution is 2.20. The highest BCUT2D eigenvalue weighted by atomic mass is 32.2. The summed E-state index contributed by atoms with van der Waals surface area (Å²) in [4.78, 5) is 0. The fraction of sp³-hybridized carbons (Fsp3) is 1.00. The number of nitrogens with zero attached hydrogens (tertiary/aromatic N) is 1. The van der Waals surface area contributed by atoms with Crippen LogP contribution in [0, 0.1) is 5.92 Å². The lowest BCUT2D eigenvalue weighted by Gasteiger charge is -2.34. The summed E-state index contributed by atoms with van der Waals surface area (Å²) in [6.45, 7) is 6.47. The minimum absolute atomic E-state index is 0.000913. The van der Waals surface area contributed by atoms with Crippen LogP contribution in [0.5, 0.6) is 0 Å². The van der Waals surface area contributed by atoms with Crippen LogP contribution in [0.2, 0.25) is 0 Å². The fourth-order valence-electron chi connectivity index (χ4n) is 2.36. The third-order valence-electron chi connectivity index (χ3n) is 3.60. The van der Waals surface area contributed by atoms with Gasteiger partial charge in [-0.15, -0.1) is 0 Å². The lowest BCUT2D eigenvalue weighted by atomic mass is 10.0. The van der Waals surface area contributed by atoms with Gasteiger partial charge in [-0.25, -0.2) is 0 Å². The molecule has 2 N–H and O–H groups in total. The molecule has 1 aliphatic heterocycles. The van der Waals surface area contributed by atoms with E-state index in [1.54, 1.807) is 4.31 Å². The highest BCUT2D eigenvalue weighted by molar-refractivity contribution is 7.87. The van der Waals surface area contributed by atoms with Gasteiger partial charge in [0, 0.05) is 25.2 Å². The van der Waals surface area contributed by atoms with E-state index in [4.69, 9.17) is 5.11 Å². The molecule has 1 rings (SSSR count). The second kappa shape index (κ2) is 6.84. The molecule has 2 unspecified atom stereocenters. The maximum absolute atomic E-state index is 12.3. The fourth-order valence-corrected chi connectivity index (χ4v) is 4.21. The van der Waals surface area contributed by atoms with Gasteiger partial charge in [0.1, 0.15) is 0 Å². The third kappa shape index (κ3) is 4.19. The molecule has 0 radical (unpaired) electrons. The zero-order valence-electron chi connectivity index (χ0n) is 11.6. The molecule has 0 aromatic carbocycles. The monoisotopic (exact) mass is 278 g/mol. The number of aliphatic hydroxyl groups excluding tert-OH is 1. The van der Waals surface area contributed by atoms with Crippen LogP contribution < -0.4 is 4.72 Å². The first-order chi connectivity index (χ1) is 8.38. The Hall–Kier alpha value is -0.170. The van der Waals surface area contributed by atoms with Crippen LogP contribution in [-0.2, 0) is 10.2 Å². The molecule has 0 aliphatic carbocycles. The van der Waals surface area contributed by atoms with Crippen molar-refractivity contribution in [3.8, 4) is 0 Å². The Labute approximate surface area is 111 Å². The first-order valence-corrected chi connectivity index (χ1v) is 8.22. The predicted octanol–water partition coefficient (Wildman–Crippen LogP) is 1.10. The van der Waals surface area contributed by atoms with Crippen LogP contribution in [0.25, 0.3) is 0 Å². The largest absolute Gasteiger partial charge is 0.396 e. The van der Waals surface area contributed by atoms with Gasteiger partial charge in [-0.1, -0.05) is 20.3 Å². The van der Waals surface area contributed by atoms with Gasteiger partial charge in [-0.2, -0.15) is 17.4 Å². The Morgan fingerprint density at radius 1 is 1.39 bits per heavy atom. The van der Waals surface area contributed by atoms with Crippen molar-refractivity contribution in [2.24, 2.45) is 5.92 Å². The normalized spacial score (nSPS) is 24.4.